The van der Waals surface area contributed by atoms with E-state index in [1.807, 2.05) is 65.6 Å². The van der Waals surface area contributed by atoms with E-state index in [2.05, 4.69) is 13.0 Å². The lowest BCUT2D eigenvalue weighted by molar-refractivity contribution is -0.118. The van der Waals surface area contributed by atoms with Crippen LogP contribution in [0.4, 0.5) is 11.4 Å². The molecular formula is C24H30N2O. The number of rotatable bonds is 11. The van der Waals surface area contributed by atoms with E-state index in [-0.39, 0.29) is 5.91 Å². The van der Waals surface area contributed by atoms with E-state index < -0.39 is 0 Å². The molecule has 0 fully saturated rings. The molecule has 3 heteroatoms. The topological polar surface area (TPSA) is 44.1 Å². The number of unbranched alkanes of at least 4 members (excludes halogenated alkanes) is 3. The molecule has 2 aromatic carbocycles. The van der Waals surface area contributed by atoms with Gasteiger partial charge < -0.3 is 0 Å². The second-order valence-electron chi connectivity index (χ2n) is 6.97. The van der Waals surface area contributed by atoms with Gasteiger partial charge in [-0.2, -0.15) is 5.26 Å². The molecule has 0 heterocycles. The third-order valence-electron chi connectivity index (χ3n) is 5.02. The van der Waals surface area contributed by atoms with E-state index in [9.17, 15) is 4.79 Å². The van der Waals surface area contributed by atoms with Gasteiger partial charge in [0.25, 0.3) is 0 Å². The molecule has 1 amide bonds. The van der Waals surface area contributed by atoms with Gasteiger partial charge >= 0.3 is 0 Å². The van der Waals surface area contributed by atoms with E-state index in [0.29, 0.717) is 18.8 Å². The Morgan fingerprint density at radius 2 is 1.52 bits per heavy atom. The summed E-state index contributed by atoms with van der Waals surface area (Å²) < 4.78 is 0. The number of amides is 1. The van der Waals surface area contributed by atoms with E-state index >= 15 is 0 Å². The van der Waals surface area contributed by atoms with Crippen LogP contribution in [0.2, 0.25) is 0 Å². The van der Waals surface area contributed by atoms with Gasteiger partial charge in [-0.15, -0.1) is 0 Å². The smallest absolute Gasteiger partial charge is 0.231 e. The van der Waals surface area contributed by atoms with Crippen molar-refractivity contribution < 1.29 is 4.79 Å². The average molecular weight is 363 g/mol. The summed E-state index contributed by atoms with van der Waals surface area (Å²) in [6.07, 6.45) is 7.62. The molecule has 0 spiro atoms. The number of nitrogens with zero attached hydrogens (tertiary/aromatic N) is 2. The molecule has 0 aromatic heterocycles. The van der Waals surface area contributed by atoms with Gasteiger partial charge in [0.1, 0.15) is 0 Å². The number of carbonyl (C=O) groups is 1. The van der Waals surface area contributed by atoms with Crippen molar-refractivity contribution in [2.45, 2.75) is 58.3 Å². The average Bonchev–Trinajstić information content (AvgIpc) is 2.72. The predicted molar refractivity (Wildman–Crippen MR) is 112 cm³/mol. The van der Waals surface area contributed by atoms with Gasteiger partial charge in [-0.3, -0.25) is 9.69 Å². The van der Waals surface area contributed by atoms with E-state index in [0.717, 1.165) is 49.9 Å². The minimum Gasteiger partial charge on any atom is -0.281 e. The van der Waals surface area contributed by atoms with Crippen LogP contribution >= 0.6 is 0 Å². The number of carbonyl (C=O) groups excluding carboxylic acids is 1. The number of benzene rings is 2. The number of hydrogen-bond acceptors (Lipinski definition) is 2. The Bertz CT molecular complexity index is 667. The highest BCUT2D eigenvalue weighted by Crippen LogP contribution is 2.27. The highest BCUT2D eigenvalue weighted by Gasteiger charge is 2.19. The quantitative estimate of drug-likeness (QED) is 0.421. The Labute approximate surface area is 163 Å². The molecule has 0 aliphatic rings. The molecular weight excluding hydrogens is 332 g/mol. The second kappa shape index (κ2) is 11.9. The number of nitriles is 1. The fourth-order valence-corrected chi connectivity index (χ4v) is 3.40. The molecule has 3 nitrogen and oxygen atoms in total. The number of hydrogen-bond donors (Lipinski definition) is 0. The van der Waals surface area contributed by atoms with Gasteiger partial charge in [-0.05, 0) is 43.0 Å². The van der Waals surface area contributed by atoms with Crippen molar-refractivity contribution in [3.63, 3.8) is 0 Å². The largest absolute Gasteiger partial charge is 0.281 e. The van der Waals surface area contributed by atoms with Gasteiger partial charge in [0.2, 0.25) is 5.91 Å². The van der Waals surface area contributed by atoms with Gasteiger partial charge in [-0.1, -0.05) is 69.0 Å². The van der Waals surface area contributed by atoms with E-state index in [1.54, 1.807) is 0 Å². The normalized spacial score (nSPS) is 11.6. The highest BCUT2D eigenvalue weighted by atomic mass is 16.2. The Morgan fingerprint density at radius 1 is 0.926 bits per heavy atom. The van der Waals surface area contributed by atoms with Crippen LogP contribution in [0.25, 0.3) is 0 Å². The molecule has 0 saturated carbocycles. The molecule has 0 radical (unpaired) electrons. The Kier molecular flexibility index (Phi) is 9.13. The minimum absolute atomic E-state index is 0.148. The molecule has 27 heavy (non-hydrogen) atoms. The van der Waals surface area contributed by atoms with E-state index in [1.165, 1.54) is 0 Å². The molecule has 2 rings (SSSR count). The summed E-state index contributed by atoms with van der Waals surface area (Å²) in [5.74, 6) is 0.722. The first kappa shape index (κ1) is 20.7. The minimum atomic E-state index is 0.148. The van der Waals surface area contributed by atoms with Crippen LogP contribution in [0.3, 0.4) is 0 Å². The van der Waals surface area contributed by atoms with Crippen molar-refractivity contribution in [1.82, 2.24) is 0 Å². The maximum absolute atomic E-state index is 13.1. The summed E-state index contributed by atoms with van der Waals surface area (Å²) in [6, 6.07) is 21.9. The van der Waals surface area contributed by atoms with E-state index in [4.69, 9.17) is 5.26 Å². The van der Waals surface area contributed by atoms with Crippen molar-refractivity contribution in [2.75, 3.05) is 4.90 Å². The Hall–Kier alpha value is -2.60. The van der Waals surface area contributed by atoms with Crippen molar-refractivity contribution in [3.05, 3.63) is 60.7 Å². The van der Waals surface area contributed by atoms with Crippen LogP contribution < -0.4 is 4.90 Å². The third kappa shape index (κ3) is 6.90. The molecule has 0 saturated heterocycles. The SMILES string of the molecule is CC[C@H](CCCCCC#N)CCC(=O)N(c1ccccc1)c1ccccc1. The standard InChI is InChI=1S/C24H30N2O/c1-2-21(13-7-3-4-12-20-25)18-19-24(27)26(22-14-8-5-9-15-22)23-16-10-6-11-17-23/h5-6,8-11,14-17,21H,2-4,7,12-13,18-19H2,1H3/t21-/m1/s1. The maximum Gasteiger partial charge on any atom is 0.231 e. The fourth-order valence-electron chi connectivity index (χ4n) is 3.40. The van der Waals surface area contributed by atoms with Crippen LogP contribution in [0.15, 0.2) is 60.7 Å². The fraction of sp³-hybridized carbons (Fsp3) is 0.417. The van der Waals surface area contributed by atoms with Gasteiger partial charge in [-0.25, -0.2) is 0 Å². The first-order valence-electron chi connectivity index (χ1n) is 10.1. The summed E-state index contributed by atoms with van der Waals surface area (Å²) >= 11 is 0. The number of anilines is 2. The maximum atomic E-state index is 13.1. The molecule has 2 aromatic rings. The van der Waals surface area contributed by atoms with Gasteiger partial charge in [0.05, 0.1) is 6.07 Å². The predicted octanol–water partition coefficient (Wildman–Crippen LogP) is 6.63. The lowest BCUT2D eigenvalue weighted by Gasteiger charge is -2.24. The lowest BCUT2D eigenvalue weighted by atomic mass is 9.93. The molecule has 0 unspecified atom stereocenters. The summed E-state index contributed by atoms with van der Waals surface area (Å²) in [6.45, 7) is 2.20. The van der Waals surface area contributed by atoms with Crippen LogP contribution in [0, 0.1) is 17.2 Å². The monoisotopic (exact) mass is 362 g/mol. The zero-order valence-corrected chi connectivity index (χ0v) is 16.3. The highest BCUT2D eigenvalue weighted by molar-refractivity contribution is 6.00. The van der Waals surface area contributed by atoms with Gasteiger partial charge in [0, 0.05) is 24.2 Å². The Balaban J connectivity index is 1.96. The second-order valence-corrected chi connectivity index (χ2v) is 6.97. The molecule has 0 N–H and O–H groups in total. The van der Waals surface area contributed by atoms with Crippen molar-refractivity contribution in [2.24, 2.45) is 5.92 Å². The summed E-state index contributed by atoms with van der Waals surface area (Å²) in [5, 5.41) is 8.61. The first-order valence-corrected chi connectivity index (χ1v) is 10.1. The van der Waals surface area contributed by atoms with Crippen molar-refractivity contribution in [1.29, 1.82) is 5.26 Å². The van der Waals surface area contributed by atoms with Gasteiger partial charge in [0.15, 0.2) is 0 Å². The summed E-state index contributed by atoms with van der Waals surface area (Å²) in [5.41, 5.74) is 1.83. The Morgan fingerprint density at radius 3 is 2.04 bits per heavy atom. The molecule has 0 aliphatic heterocycles. The lowest BCUT2D eigenvalue weighted by Crippen LogP contribution is -2.26. The third-order valence-corrected chi connectivity index (χ3v) is 5.02. The zero-order chi connectivity index (χ0) is 19.3. The molecule has 142 valence electrons. The summed E-state index contributed by atoms with van der Waals surface area (Å²) in [7, 11) is 0. The molecule has 0 bridgehead atoms. The number of para-hydroxylation sites is 2. The van der Waals surface area contributed by atoms with Crippen molar-refractivity contribution in [3.8, 4) is 6.07 Å². The van der Waals surface area contributed by atoms with Crippen molar-refractivity contribution >= 4 is 17.3 Å². The molecule has 0 aliphatic carbocycles. The zero-order valence-electron chi connectivity index (χ0n) is 16.3. The van der Waals surface area contributed by atoms with Crippen LogP contribution in [0.1, 0.15) is 58.3 Å². The van der Waals surface area contributed by atoms with Crippen LogP contribution in [0.5, 0.6) is 0 Å². The summed E-state index contributed by atoms with van der Waals surface area (Å²) in [4.78, 5) is 14.9. The molecule has 1 atom stereocenters. The van der Waals surface area contributed by atoms with Crippen LogP contribution in [-0.2, 0) is 4.79 Å². The first-order chi connectivity index (χ1) is 13.3. The van der Waals surface area contributed by atoms with Crippen LogP contribution in [-0.4, -0.2) is 5.91 Å².